The molecule has 0 saturated heterocycles. The monoisotopic (exact) mass is 361 g/mol. The second-order valence-electron chi connectivity index (χ2n) is 5.89. The van der Waals surface area contributed by atoms with E-state index in [1.54, 1.807) is 48.8 Å². The molecule has 0 aliphatic rings. The molecule has 4 aromatic rings. The van der Waals surface area contributed by atoms with Gasteiger partial charge in [-0.3, -0.25) is 9.78 Å². The van der Waals surface area contributed by atoms with Gasteiger partial charge in [0, 0.05) is 29.4 Å². The maximum absolute atomic E-state index is 13.9. The van der Waals surface area contributed by atoms with Crippen molar-refractivity contribution in [2.24, 2.45) is 0 Å². The van der Waals surface area contributed by atoms with Gasteiger partial charge in [0.2, 0.25) is 0 Å². The number of amides is 1. The molecule has 0 fully saturated rings. The minimum atomic E-state index is -0.711. The first kappa shape index (κ1) is 16.8. The zero-order valence-electron chi connectivity index (χ0n) is 14.0. The van der Waals surface area contributed by atoms with Gasteiger partial charge in [0.15, 0.2) is 0 Å². The van der Waals surface area contributed by atoms with Crippen LogP contribution < -0.4 is 5.32 Å². The molecule has 0 aliphatic heterocycles. The Bertz CT molecular complexity index is 1150. The van der Waals surface area contributed by atoms with Gasteiger partial charge in [0.25, 0.3) is 5.91 Å². The summed E-state index contributed by atoms with van der Waals surface area (Å²) in [6.45, 7) is 0. The highest BCUT2D eigenvalue weighted by Gasteiger charge is 2.16. The molecule has 4 nitrogen and oxygen atoms in total. The molecule has 132 valence electrons. The number of nitrogens with zero attached hydrogens (tertiary/aromatic N) is 2. The Morgan fingerprint density at radius 2 is 1.70 bits per heavy atom. The number of fused-ring (bicyclic) bond motifs is 1. The van der Waals surface area contributed by atoms with Gasteiger partial charge in [-0.05, 0) is 36.4 Å². The number of hydrogen-bond acceptors (Lipinski definition) is 3. The van der Waals surface area contributed by atoms with E-state index in [9.17, 15) is 13.6 Å². The molecule has 2 aromatic heterocycles. The lowest BCUT2D eigenvalue weighted by atomic mass is 10.0. The van der Waals surface area contributed by atoms with E-state index in [1.807, 2.05) is 6.07 Å². The van der Waals surface area contributed by atoms with E-state index in [0.29, 0.717) is 22.2 Å². The predicted molar refractivity (Wildman–Crippen MR) is 99.3 cm³/mol. The van der Waals surface area contributed by atoms with E-state index < -0.39 is 17.5 Å². The third-order valence-corrected chi connectivity index (χ3v) is 4.11. The standard InChI is InChI=1S/C21H13F2N3O/c22-14-5-6-17(23)20(11-14)26-21(27)16-12-19(13-7-9-24-10-8-13)25-18-4-2-1-3-15(16)18/h1-12H,(H,26,27). The third-order valence-electron chi connectivity index (χ3n) is 4.11. The third kappa shape index (κ3) is 3.37. The Balaban J connectivity index is 1.82. The molecule has 0 spiro atoms. The van der Waals surface area contributed by atoms with Crippen LogP contribution in [0.15, 0.2) is 73.1 Å². The van der Waals surface area contributed by atoms with Crippen molar-refractivity contribution in [2.45, 2.75) is 0 Å². The first-order valence-electron chi connectivity index (χ1n) is 8.18. The highest BCUT2D eigenvalue weighted by molar-refractivity contribution is 6.13. The number of halogens is 2. The number of carbonyl (C=O) groups excluding carboxylic acids is 1. The van der Waals surface area contributed by atoms with E-state index in [0.717, 1.165) is 23.8 Å². The zero-order chi connectivity index (χ0) is 18.8. The largest absolute Gasteiger partial charge is 0.319 e. The number of benzene rings is 2. The highest BCUT2D eigenvalue weighted by Crippen LogP contribution is 2.26. The number of hydrogen-bond donors (Lipinski definition) is 1. The second kappa shape index (κ2) is 6.92. The summed E-state index contributed by atoms with van der Waals surface area (Å²) in [6, 6.07) is 15.3. The lowest BCUT2D eigenvalue weighted by Gasteiger charge is -2.11. The average Bonchev–Trinajstić information content (AvgIpc) is 2.70. The number of carbonyl (C=O) groups is 1. The number of aromatic nitrogens is 2. The highest BCUT2D eigenvalue weighted by atomic mass is 19.1. The summed E-state index contributed by atoms with van der Waals surface area (Å²) in [5.41, 5.74) is 2.10. The van der Waals surface area contributed by atoms with E-state index in [4.69, 9.17) is 0 Å². The molecule has 2 heterocycles. The summed E-state index contributed by atoms with van der Waals surface area (Å²) in [5.74, 6) is -1.89. The van der Waals surface area contributed by atoms with E-state index in [1.165, 1.54) is 0 Å². The van der Waals surface area contributed by atoms with Crippen molar-refractivity contribution < 1.29 is 13.6 Å². The van der Waals surface area contributed by atoms with Crippen molar-refractivity contribution >= 4 is 22.5 Å². The molecule has 0 atom stereocenters. The van der Waals surface area contributed by atoms with Gasteiger partial charge >= 0.3 is 0 Å². The first-order chi connectivity index (χ1) is 13.1. The maximum Gasteiger partial charge on any atom is 0.256 e. The molecule has 0 radical (unpaired) electrons. The molecule has 1 amide bonds. The van der Waals surface area contributed by atoms with E-state index in [-0.39, 0.29) is 5.69 Å². The maximum atomic E-state index is 13.9. The molecule has 0 unspecified atom stereocenters. The Labute approximate surface area is 153 Å². The van der Waals surface area contributed by atoms with Crippen LogP contribution in [0.4, 0.5) is 14.5 Å². The van der Waals surface area contributed by atoms with Gasteiger partial charge in [-0.1, -0.05) is 18.2 Å². The molecule has 4 rings (SSSR count). The number of nitrogens with one attached hydrogen (secondary N) is 1. The normalized spacial score (nSPS) is 10.7. The number of para-hydroxylation sites is 1. The van der Waals surface area contributed by atoms with Crippen LogP contribution in [0.3, 0.4) is 0 Å². The van der Waals surface area contributed by atoms with Crippen LogP contribution in [0, 0.1) is 11.6 Å². The van der Waals surface area contributed by atoms with Gasteiger partial charge in [-0.25, -0.2) is 13.8 Å². The van der Waals surface area contributed by atoms with Crippen molar-refractivity contribution in [3.05, 3.63) is 90.3 Å². The van der Waals surface area contributed by atoms with Crippen molar-refractivity contribution in [3.8, 4) is 11.3 Å². The predicted octanol–water partition coefficient (Wildman–Crippen LogP) is 4.83. The Kier molecular flexibility index (Phi) is 4.30. The Morgan fingerprint density at radius 1 is 0.926 bits per heavy atom. The van der Waals surface area contributed by atoms with Crippen molar-refractivity contribution in [2.75, 3.05) is 5.32 Å². The fraction of sp³-hybridized carbons (Fsp3) is 0. The lowest BCUT2D eigenvalue weighted by molar-refractivity contribution is 0.102. The summed E-state index contributed by atoms with van der Waals surface area (Å²) < 4.78 is 27.3. The van der Waals surface area contributed by atoms with Crippen LogP contribution >= 0.6 is 0 Å². The topological polar surface area (TPSA) is 54.9 Å². The number of pyridine rings is 2. The summed E-state index contributed by atoms with van der Waals surface area (Å²) >= 11 is 0. The van der Waals surface area contributed by atoms with Gasteiger partial charge in [-0.2, -0.15) is 0 Å². The van der Waals surface area contributed by atoms with Gasteiger partial charge in [0.1, 0.15) is 11.6 Å². The molecular formula is C21H13F2N3O. The van der Waals surface area contributed by atoms with Crippen LogP contribution in [0.25, 0.3) is 22.2 Å². The lowest BCUT2D eigenvalue weighted by Crippen LogP contribution is -2.14. The summed E-state index contributed by atoms with van der Waals surface area (Å²) in [5, 5.41) is 3.06. The fourth-order valence-corrected chi connectivity index (χ4v) is 2.82. The van der Waals surface area contributed by atoms with E-state index in [2.05, 4.69) is 15.3 Å². The first-order valence-corrected chi connectivity index (χ1v) is 8.18. The van der Waals surface area contributed by atoms with Crippen LogP contribution in [-0.4, -0.2) is 15.9 Å². The molecule has 0 aliphatic carbocycles. The van der Waals surface area contributed by atoms with Crippen molar-refractivity contribution in [1.29, 1.82) is 0 Å². The summed E-state index contributed by atoms with van der Waals surface area (Å²) in [4.78, 5) is 21.4. The zero-order valence-corrected chi connectivity index (χ0v) is 14.0. The summed E-state index contributed by atoms with van der Waals surface area (Å²) in [7, 11) is 0. The fourth-order valence-electron chi connectivity index (χ4n) is 2.82. The quantitative estimate of drug-likeness (QED) is 0.569. The molecule has 2 aromatic carbocycles. The molecule has 0 bridgehead atoms. The average molecular weight is 361 g/mol. The molecule has 27 heavy (non-hydrogen) atoms. The van der Waals surface area contributed by atoms with Crippen LogP contribution in [-0.2, 0) is 0 Å². The Morgan fingerprint density at radius 3 is 2.52 bits per heavy atom. The molecular weight excluding hydrogens is 348 g/mol. The van der Waals surface area contributed by atoms with Crippen LogP contribution in [0.2, 0.25) is 0 Å². The smallest absolute Gasteiger partial charge is 0.256 e. The summed E-state index contributed by atoms with van der Waals surface area (Å²) in [6.07, 6.45) is 3.27. The van der Waals surface area contributed by atoms with Gasteiger partial charge in [0.05, 0.1) is 22.5 Å². The van der Waals surface area contributed by atoms with Crippen molar-refractivity contribution in [3.63, 3.8) is 0 Å². The van der Waals surface area contributed by atoms with Crippen LogP contribution in [0.1, 0.15) is 10.4 Å². The minimum absolute atomic E-state index is 0.216. The number of rotatable bonds is 3. The van der Waals surface area contributed by atoms with Crippen LogP contribution in [0.5, 0.6) is 0 Å². The second-order valence-corrected chi connectivity index (χ2v) is 5.89. The molecule has 0 saturated carbocycles. The SMILES string of the molecule is O=C(Nc1cc(F)ccc1F)c1cc(-c2ccncc2)nc2ccccc12. The van der Waals surface area contributed by atoms with Gasteiger partial charge < -0.3 is 5.32 Å². The van der Waals surface area contributed by atoms with E-state index >= 15 is 0 Å². The molecule has 1 N–H and O–H groups in total. The number of anilines is 1. The Hall–Kier alpha value is -3.67. The molecule has 6 heteroatoms. The van der Waals surface area contributed by atoms with Crippen molar-refractivity contribution in [1.82, 2.24) is 9.97 Å². The van der Waals surface area contributed by atoms with Gasteiger partial charge in [-0.15, -0.1) is 0 Å². The minimum Gasteiger partial charge on any atom is -0.319 e.